The zero-order valence-corrected chi connectivity index (χ0v) is 15.3. The molecule has 1 aromatic heterocycles. The number of ether oxygens (including phenoxy) is 1. The van der Waals surface area contributed by atoms with Crippen molar-refractivity contribution in [3.63, 3.8) is 0 Å². The normalized spacial score (nSPS) is 12.2. The van der Waals surface area contributed by atoms with Crippen molar-refractivity contribution < 1.29 is 18.7 Å². The van der Waals surface area contributed by atoms with Crippen LogP contribution < -0.4 is 5.32 Å². The predicted molar refractivity (Wildman–Crippen MR) is 104 cm³/mol. The van der Waals surface area contributed by atoms with Crippen molar-refractivity contribution in [3.05, 3.63) is 77.8 Å². The van der Waals surface area contributed by atoms with Gasteiger partial charge in [-0.3, -0.25) is 4.79 Å². The number of carbonyl (C=O) groups is 2. The molecular weight excluding hydrogens is 342 g/mol. The van der Waals surface area contributed by atoms with Crippen LogP contribution in [0, 0.1) is 6.92 Å². The molecule has 0 aliphatic rings. The summed E-state index contributed by atoms with van der Waals surface area (Å²) in [7, 11) is 0. The molecule has 1 atom stereocenters. The Bertz CT molecular complexity index is 981. The molecule has 1 amide bonds. The summed E-state index contributed by atoms with van der Waals surface area (Å²) in [5.41, 5.74) is 1.01. The van der Waals surface area contributed by atoms with Gasteiger partial charge in [0.1, 0.15) is 11.5 Å². The van der Waals surface area contributed by atoms with E-state index < -0.39 is 5.97 Å². The van der Waals surface area contributed by atoms with Gasteiger partial charge in [0.25, 0.3) is 5.91 Å². The van der Waals surface area contributed by atoms with Crippen molar-refractivity contribution in [2.75, 3.05) is 6.61 Å². The second-order valence-electron chi connectivity index (χ2n) is 6.25. The first kappa shape index (κ1) is 18.5. The first-order chi connectivity index (χ1) is 13.0. The van der Waals surface area contributed by atoms with Crippen LogP contribution in [0.3, 0.4) is 0 Å². The van der Waals surface area contributed by atoms with Gasteiger partial charge in [0.05, 0.1) is 6.04 Å². The lowest BCUT2D eigenvalue weighted by Gasteiger charge is -2.16. The van der Waals surface area contributed by atoms with E-state index in [4.69, 9.17) is 9.15 Å². The smallest absolute Gasteiger partial charge is 0.331 e. The number of esters is 1. The van der Waals surface area contributed by atoms with Gasteiger partial charge in [0.15, 0.2) is 6.61 Å². The average molecular weight is 363 g/mol. The van der Waals surface area contributed by atoms with E-state index in [1.54, 1.807) is 12.1 Å². The van der Waals surface area contributed by atoms with E-state index in [0.29, 0.717) is 5.76 Å². The molecule has 0 aliphatic heterocycles. The molecule has 0 bridgehead atoms. The fourth-order valence-electron chi connectivity index (χ4n) is 2.87. The van der Waals surface area contributed by atoms with Gasteiger partial charge in [-0.2, -0.15) is 0 Å². The van der Waals surface area contributed by atoms with Gasteiger partial charge in [0, 0.05) is 6.08 Å². The highest BCUT2D eigenvalue weighted by Gasteiger charge is 2.13. The molecule has 0 aliphatic carbocycles. The number of furan rings is 1. The van der Waals surface area contributed by atoms with E-state index in [-0.39, 0.29) is 18.6 Å². The molecule has 1 heterocycles. The summed E-state index contributed by atoms with van der Waals surface area (Å²) in [4.78, 5) is 23.8. The summed E-state index contributed by atoms with van der Waals surface area (Å²) in [5, 5.41) is 5.06. The molecule has 0 radical (unpaired) electrons. The molecule has 5 heteroatoms. The first-order valence-electron chi connectivity index (χ1n) is 8.71. The van der Waals surface area contributed by atoms with Crippen LogP contribution in [0.2, 0.25) is 0 Å². The van der Waals surface area contributed by atoms with Crippen molar-refractivity contribution in [1.29, 1.82) is 0 Å². The largest absolute Gasteiger partial charge is 0.462 e. The van der Waals surface area contributed by atoms with E-state index in [1.165, 1.54) is 12.2 Å². The van der Waals surface area contributed by atoms with Crippen LogP contribution in [-0.4, -0.2) is 18.5 Å². The second kappa shape index (κ2) is 8.36. The van der Waals surface area contributed by atoms with Crippen molar-refractivity contribution in [1.82, 2.24) is 5.32 Å². The predicted octanol–water partition coefficient (Wildman–Crippen LogP) is 4.18. The Morgan fingerprint density at radius 1 is 1.11 bits per heavy atom. The summed E-state index contributed by atoms with van der Waals surface area (Å²) in [6, 6.07) is 17.3. The molecule has 0 saturated carbocycles. The summed E-state index contributed by atoms with van der Waals surface area (Å²) < 4.78 is 10.3. The fraction of sp³-hybridized carbons (Fsp3) is 0.182. The number of benzene rings is 2. The van der Waals surface area contributed by atoms with E-state index >= 15 is 0 Å². The van der Waals surface area contributed by atoms with Crippen molar-refractivity contribution in [2.24, 2.45) is 0 Å². The van der Waals surface area contributed by atoms with Crippen molar-refractivity contribution in [2.45, 2.75) is 19.9 Å². The van der Waals surface area contributed by atoms with Crippen LogP contribution in [0.4, 0.5) is 0 Å². The zero-order valence-electron chi connectivity index (χ0n) is 15.3. The van der Waals surface area contributed by atoms with Crippen LogP contribution in [0.15, 0.2) is 65.1 Å². The SMILES string of the molecule is Cc1ccc(/C=C/C(=O)OCC(=O)NC(C)c2cccc3ccccc23)o1. The Morgan fingerprint density at radius 2 is 1.89 bits per heavy atom. The topological polar surface area (TPSA) is 68.5 Å². The van der Waals surface area contributed by atoms with Gasteiger partial charge in [-0.05, 0) is 48.4 Å². The average Bonchev–Trinajstić information content (AvgIpc) is 3.09. The van der Waals surface area contributed by atoms with Crippen molar-refractivity contribution in [3.8, 4) is 0 Å². The number of rotatable bonds is 6. The third-order valence-corrected chi connectivity index (χ3v) is 4.16. The molecule has 2 aromatic carbocycles. The molecule has 3 aromatic rings. The number of amides is 1. The zero-order chi connectivity index (χ0) is 19.2. The third-order valence-electron chi connectivity index (χ3n) is 4.16. The Morgan fingerprint density at radius 3 is 2.67 bits per heavy atom. The molecule has 0 spiro atoms. The standard InChI is InChI=1S/C22H21NO4/c1-15-10-11-18(27-15)12-13-22(25)26-14-21(24)23-16(2)19-9-5-7-17-6-3-4-8-20(17)19/h3-13,16H,14H2,1-2H3,(H,23,24)/b13-12+. The minimum atomic E-state index is -0.600. The number of carbonyl (C=O) groups excluding carboxylic acids is 2. The Labute approximate surface area is 157 Å². The monoisotopic (exact) mass is 363 g/mol. The Kier molecular flexibility index (Phi) is 5.71. The van der Waals surface area contributed by atoms with Gasteiger partial charge >= 0.3 is 5.97 Å². The number of aryl methyl sites for hydroxylation is 1. The molecule has 138 valence electrons. The number of hydrogen-bond acceptors (Lipinski definition) is 4. The quantitative estimate of drug-likeness (QED) is 0.527. The molecule has 1 unspecified atom stereocenters. The van der Waals surface area contributed by atoms with Crippen molar-refractivity contribution >= 4 is 28.7 Å². The Balaban J connectivity index is 1.54. The van der Waals surface area contributed by atoms with E-state index in [9.17, 15) is 9.59 Å². The van der Waals surface area contributed by atoms with Crippen LogP contribution in [0.1, 0.15) is 30.0 Å². The fourth-order valence-corrected chi connectivity index (χ4v) is 2.87. The van der Waals surface area contributed by atoms with Crippen LogP contribution in [0.5, 0.6) is 0 Å². The molecule has 0 fully saturated rings. The summed E-state index contributed by atoms with van der Waals surface area (Å²) in [6.45, 7) is 3.38. The van der Waals surface area contributed by atoms with E-state index in [0.717, 1.165) is 22.1 Å². The maximum absolute atomic E-state index is 12.1. The van der Waals surface area contributed by atoms with Gasteiger partial charge in [-0.25, -0.2) is 4.79 Å². The van der Waals surface area contributed by atoms with Gasteiger partial charge in [-0.1, -0.05) is 42.5 Å². The third kappa shape index (κ3) is 4.85. The van der Waals surface area contributed by atoms with Crippen LogP contribution >= 0.6 is 0 Å². The molecule has 0 saturated heterocycles. The van der Waals surface area contributed by atoms with Crippen LogP contribution in [-0.2, 0) is 14.3 Å². The molecule has 5 nitrogen and oxygen atoms in total. The van der Waals surface area contributed by atoms with E-state index in [1.807, 2.05) is 56.3 Å². The maximum atomic E-state index is 12.1. The van der Waals surface area contributed by atoms with E-state index in [2.05, 4.69) is 5.32 Å². The number of fused-ring (bicyclic) bond motifs is 1. The molecule has 3 rings (SSSR count). The first-order valence-corrected chi connectivity index (χ1v) is 8.71. The minimum absolute atomic E-state index is 0.205. The van der Waals surface area contributed by atoms with Crippen LogP contribution in [0.25, 0.3) is 16.8 Å². The number of hydrogen-bond donors (Lipinski definition) is 1. The lowest BCUT2D eigenvalue weighted by Crippen LogP contribution is -2.31. The maximum Gasteiger partial charge on any atom is 0.331 e. The summed E-state index contributed by atoms with van der Waals surface area (Å²) in [6.07, 6.45) is 2.74. The minimum Gasteiger partial charge on any atom is -0.462 e. The highest BCUT2D eigenvalue weighted by molar-refractivity contribution is 5.89. The highest BCUT2D eigenvalue weighted by Crippen LogP contribution is 2.23. The van der Waals surface area contributed by atoms with Gasteiger partial charge in [-0.15, -0.1) is 0 Å². The highest BCUT2D eigenvalue weighted by atomic mass is 16.5. The second-order valence-corrected chi connectivity index (χ2v) is 6.25. The molecule has 27 heavy (non-hydrogen) atoms. The molecular formula is C22H21NO4. The summed E-state index contributed by atoms with van der Waals surface area (Å²) in [5.74, 6) is 0.353. The molecule has 1 N–H and O–H groups in total. The lowest BCUT2D eigenvalue weighted by atomic mass is 10.00. The number of nitrogens with one attached hydrogen (secondary N) is 1. The van der Waals surface area contributed by atoms with Gasteiger partial charge < -0.3 is 14.5 Å². The summed E-state index contributed by atoms with van der Waals surface area (Å²) >= 11 is 0. The van der Waals surface area contributed by atoms with Gasteiger partial charge in [0.2, 0.25) is 0 Å². The lowest BCUT2D eigenvalue weighted by molar-refractivity contribution is -0.144. The Hall–Kier alpha value is -3.34.